The third-order valence-electron chi connectivity index (χ3n) is 3.94. The van der Waals surface area contributed by atoms with Crippen LogP contribution in [0.2, 0.25) is 0 Å². The first-order valence-corrected chi connectivity index (χ1v) is 10.7. The van der Waals surface area contributed by atoms with Crippen LogP contribution in [0.5, 0.6) is 0 Å². The van der Waals surface area contributed by atoms with Crippen molar-refractivity contribution < 1.29 is 28.5 Å². The Labute approximate surface area is 207 Å². The van der Waals surface area contributed by atoms with Gasteiger partial charge in [-0.3, -0.25) is 0 Å². The molecule has 9 nitrogen and oxygen atoms in total. The van der Waals surface area contributed by atoms with E-state index in [1.807, 2.05) is 24.3 Å². The molecule has 0 saturated carbocycles. The van der Waals surface area contributed by atoms with Gasteiger partial charge in [-0.05, 0) is 0 Å². The quantitative estimate of drug-likeness (QED) is 0.183. The summed E-state index contributed by atoms with van der Waals surface area (Å²) in [5, 5.41) is 5.36. The van der Waals surface area contributed by atoms with Crippen LogP contribution in [0, 0.1) is 0 Å². The van der Waals surface area contributed by atoms with Crippen LogP contribution in [0.15, 0.2) is 64.4 Å². The Kier molecular flexibility index (Phi) is 13.5. The molecule has 34 heavy (non-hydrogen) atoms. The van der Waals surface area contributed by atoms with Gasteiger partial charge < -0.3 is 0 Å². The Bertz CT molecular complexity index is 979. The van der Waals surface area contributed by atoms with E-state index in [0.717, 1.165) is 15.6 Å². The number of nitrogens with one attached hydrogen (secondary N) is 2. The summed E-state index contributed by atoms with van der Waals surface area (Å²) in [4.78, 5) is 22.8. The van der Waals surface area contributed by atoms with Crippen LogP contribution in [-0.4, -0.2) is 53.3 Å². The number of anilines is 1. The number of halogens is 1. The minimum absolute atomic E-state index is 0.0449. The molecule has 0 aliphatic heterocycles. The predicted molar refractivity (Wildman–Crippen MR) is 134 cm³/mol. The summed E-state index contributed by atoms with van der Waals surface area (Å²) in [6.45, 7) is 0. The average Bonchev–Trinajstić information content (AvgIpc) is 2.83. The van der Waals surface area contributed by atoms with E-state index in [-0.39, 0.29) is 24.3 Å². The van der Waals surface area contributed by atoms with E-state index in [0.29, 0.717) is 20.0 Å². The van der Waals surface area contributed by atoms with Gasteiger partial charge in [0.1, 0.15) is 0 Å². The molecule has 2 rings (SSSR count). The molecule has 4 N–H and O–H groups in total. The predicted octanol–water partition coefficient (Wildman–Crippen LogP) is 1.94. The molecule has 0 aliphatic carbocycles. The van der Waals surface area contributed by atoms with Crippen LogP contribution in [0.4, 0.5) is 5.69 Å². The maximum absolute atomic E-state index is 11.4. The Balaban J connectivity index is 0.000000340. The average molecular weight is 528 g/mol. The molecule has 12 heteroatoms. The topological polar surface area (TPSA) is 137 Å². The van der Waals surface area contributed by atoms with Gasteiger partial charge in [0, 0.05) is 0 Å². The number of methoxy groups -OCH3 is 2. The fourth-order valence-electron chi connectivity index (χ4n) is 2.47. The van der Waals surface area contributed by atoms with Crippen molar-refractivity contribution in [1.82, 2.24) is 10.6 Å². The van der Waals surface area contributed by atoms with Gasteiger partial charge in [0.15, 0.2) is 0 Å². The second-order valence-electron chi connectivity index (χ2n) is 6.42. The molecular formula is C22H24B2BrN3O6. The number of nitrogens with two attached hydrogens (primary N) is 1. The van der Waals surface area contributed by atoms with Crippen LogP contribution >= 0.6 is 15.9 Å². The standard InChI is InChI=1S/C11H11BBrNO3.C11H13BN2O3/c2*1-17-11(15)10(14-7-12-16)6-8-3-2-4-9(13)5-8/h2-6,14H,7H2,1H3;2-6,14H,7,13H2,1H3/b2*10-6+. The third kappa shape index (κ3) is 10.9. The molecule has 0 radical (unpaired) electrons. The van der Waals surface area contributed by atoms with Crippen molar-refractivity contribution in [3.8, 4) is 0 Å². The van der Waals surface area contributed by atoms with Gasteiger partial charge in [0.25, 0.3) is 0 Å². The van der Waals surface area contributed by atoms with Crippen LogP contribution in [0.3, 0.4) is 0 Å². The maximum atomic E-state index is 11.4. The van der Waals surface area contributed by atoms with Gasteiger partial charge >= 0.3 is 207 Å². The van der Waals surface area contributed by atoms with Gasteiger partial charge in [-0.15, -0.1) is 0 Å². The molecule has 0 fully saturated rings. The fourth-order valence-corrected chi connectivity index (χ4v) is 2.88. The summed E-state index contributed by atoms with van der Waals surface area (Å²) < 4.78 is 30.7. The molecule has 0 unspecified atom stereocenters. The normalized spacial score (nSPS) is 10.6. The van der Waals surface area contributed by atoms with E-state index in [1.54, 1.807) is 36.4 Å². The van der Waals surface area contributed by atoms with Crippen LogP contribution in [0.25, 0.3) is 12.2 Å². The number of rotatable bonds is 10. The SMILES string of the molecule is COC(=O)/C(=C\c1cccc(Br)c1)NCB=O.COC(=O)/C(=C\c1cccc(N)c1)NCB=O. The van der Waals surface area contributed by atoms with Crippen molar-refractivity contribution >= 4 is 60.0 Å². The van der Waals surface area contributed by atoms with Crippen molar-refractivity contribution in [2.45, 2.75) is 0 Å². The number of nitrogen functional groups attached to an aromatic ring is 1. The van der Waals surface area contributed by atoms with Crippen molar-refractivity contribution in [3.05, 3.63) is 75.5 Å². The summed E-state index contributed by atoms with van der Waals surface area (Å²) in [6.07, 6.45) is 3.31. The summed E-state index contributed by atoms with van der Waals surface area (Å²) in [7, 11) is 3.91. The molecule has 0 atom stereocenters. The number of carbonyl (C=O) groups is 2. The molecule has 0 aromatic heterocycles. The fraction of sp³-hybridized carbons (Fsp3) is 0.182. The van der Waals surface area contributed by atoms with Crippen LogP contribution in [0.1, 0.15) is 11.1 Å². The summed E-state index contributed by atoms with van der Waals surface area (Å²) in [6, 6.07) is 14.5. The number of hydrogen-bond donors (Lipinski definition) is 3. The van der Waals surface area contributed by atoms with Gasteiger partial charge in [-0.2, -0.15) is 0 Å². The second kappa shape index (κ2) is 16.1. The Morgan fingerprint density at radius 1 is 0.882 bits per heavy atom. The zero-order valence-electron chi connectivity index (χ0n) is 18.7. The Morgan fingerprint density at radius 3 is 1.76 bits per heavy atom. The molecule has 2 aromatic rings. The molecule has 176 valence electrons. The number of ether oxygens (including phenoxy) is 2. The molecule has 0 aliphatic rings. The van der Waals surface area contributed by atoms with E-state index in [2.05, 4.69) is 36.0 Å². The molecule has 0 spiro atoms. The first-order chi connectivity index (χ1) is 16.3. The van der Waals surface area contributed by atoms with Crippen molar-refractivity contribution in [3.63, 3.8) is 0 Å². The monoisotopic (exact) mass is 527 g/mol. The zero-order valence-corrected chi connectivity index (χ0v) is 20.3. The first kappa shape index (κ1) is 28.5. The molecule has 0 heterocycles. The van der Waals surface area contributed by atoms with Gasteiger partial charge in [0.2, 0.25) is 0 Å². The van der Waals surface area contributed by atoms with Gasteiger partial charge in [-0.25, -0.2) is 0 Å². The van der Waals surface area contributed by atoms with Crippen molar-refractivity contribution in [1.29, 1.82) is 0 Å². The Hall–Kier alpha value is -3.53. The van der Waals surface area contributed by atoms with E-state index < -0.39 is 11.9 Å². The van der Waals surface area contributed by atoms with E-state index >= 15 is 0 Å². The molecule has 0 saturated heterocycles. The number of carbonyl (C=O) groups excluding carboxylic acids is 2. The third-order valence-corrected chi connectivity index (χ3v) is 4.44. The first-order valence-electron chi connectivity index (χ1n) is 9.90. The zero-order chi connectivity index (χ0) is 25.3. The number of hydrogen-bond acceptors (Lipinski definition) is 9. The minimum atomic E-state index is -0.533. The molecule has 2 aromatic carbocycles. The summed E-state index contributed by atoms with van der Waals surface area (Å²) >= 11 is 3.34. The summed E-state index contributed by atoms with van der Waals surface area (Å²) in [5.41, 5.74) is 8.26. The van der Waals surface area contributed by atoms with E-state index in [9.17, 15) is 19.0 Å². The molecule has 0 amide bonds. The summed E-state index contributed by atoms with van der Waals surface area (Å²) in [5.74, 6) is -1.04. The van der Waals surface area contributed by atoms with Crippen LogP contribution in [-0.2, 0) is 28.5 Å². The molecule has 0 bridgehead atoms. The van der Waals surface area contributed by atoms with Gasteiger partial charge in [0.05, 0.1) is 0 Å². The number of esters is 2. The van der Waals surface area contributed by atoms with Gasteiger partial charge in [-0.1, -0.05) is 0 Å². The Morgan fingerprint density at radius 2 is 1.35 bits per heavy atom. The van der Waals surface area contributed by atoms with E-state index in [4.69, 9.17) is 5.73 Å². The van der Waals surface area contributed by atoms with Crippen LogP contribution < -0.4 is 16.4 Å². The van der Waals surface area contributed by atoms with Crippen molar-refractivity contribution in [2.24, 2.45) is 0 Å². The second-order valence-corrected chi connectivity index (χ2v) is 7.34. The van der Waals surface area contributed by atoms with E-state index in [1.165, 1.54) is 14.2 Å². The molecular weight excluding hydrogens is 504 g/mol. The van der Waals surface area contributed by atoms with Crippen molar-refractivity contribution in [2.75, 3.05) is 32.8 Å². The number of benzene rings is 2.